The molecule has 80 valence electrons. The van der Waals surface area contributed by atoms with Gasteiger partial charge in [-0.2, -0.15) is 0 Å². The largest absolute Gasteiger partial charge is 0.361 e. The first-order valence-corrected chi connectivity index (χ1v) is 6.50. The second kappa shape index (κ2) is 4.37. The Kier molecular flexibility index (Phi) is 3.11. The van der Waals surface area contributed by atoms with Gasteiger partial charge in [0, 0.05) is 22.4 Å². The molecule has 0 aliphatic heterocycles. The molecule has 0 fully saturated rings. The van der Waals surface area contributed by atoms with Gasteiger partial charge in [0.05, 0.1) is 5.69 Å². The number of thiazole rings is 1. The monoisotopic (exact) mass is 240 g/mol. The summed E-state index contributed by atoms with van der Waals surface area (Å²) in [6.07, 6.45) is 0. The third kappa shape index (κ3) is 2.41. The number of rotatable bonds is 3. The Labute approximate surface area is 96.9 Å². The Morgan fingerprint density at radius 2 is 2.20 bits per heavy atom. The lowest BCUT2D eigenvalue weighted by atomic mass is 10.2. The highest BCUT2D eigenvalue weighted by Crippen LogP contribution is 2.28. The molecular formula is C10H12N2OS2. The summed E-state index contributed by atoms with van der Waals surface area (Å²) in [7, 11) is 0. The van der Waals surface area contributed by atoms with Crippen molar-refractivity contribution in [2.75, 3.05) is 0 Å². The van der Waals surface area contributed by atoms with E-state index in [0.29, 0.717) is 0 Å². The molecule has 3 nitrogen and oxygen atoms in total. The van der Waals surface area contributed by atoms with Crippen LogP contribution in [0.5, 0.6) is 0 Å². The van der Waals surface area contributed by atoms with E-state index >= 15 is 0 Å². The van der Waals surface area contributed by atoms with Gasteiger partial charge in [0.15, 0.2) is 0 Å². The fourth-order valence-corrected chi connectivity index (χ4v) is 3.24. The molecule has 2 rings (SSSR count). The summed E-state index contributed by atoms with van der Waals surface area (Å²) in [6.45, 7) is 5.93. The van der Waals surface area contributed by atoms with E-state index in [4.69, 9.17) is 4.52 Å². The van der Waals surface area contributed by atoms with E-state index in [2.05, 4.69) is 15.5 Å². The predicted octanol–water partition coefficient (Wildman–Crippen LogP) is 3.35. The highest BCUT2D eigenvalue weighted by Gasteiger charge is 2.10. The van der Waals surface area contributed by atoms with Gasteiger partial charge in [-0.1, -0.05) is 16.9 Å². The summed E-state index contributed by atoms with van der Waals surface area (Å²) in [4.78, 5) is 4.40. The summed E-state index contributed by atoms with van der Waals surface area (Å²) >= 11 is 3.42. The number of thioether (sulfide) groups is 1. The van der Waals surface area contributed by atoms with Crippen LogP contribution in [0.1, 0.15) is 22.7 Å². The number of hydrogen-bond donors (Lipinski definition) is 0. The molecular weight excluding hydrogens is 228 g/mol. The summed E-state index contributed by atoms with van der Waals surface area (Å²) in [5.41, 5.74) is 3.25. The van der Waals surface area contributed by atoms with E-state index in [1.807, 2.05) is 20.8 Å². The van der Waals surface area contributed by atoms with Crippen molar-refractivity contribution in [2.45, 2.75) is 30.9 Å². The average molecular weight is 240 g/mol. The molecule has 0 aliphatic rings. The van der Waals surface area contributed by atoms with Crippen molar-refractivity contribution in [2.24, 2.45) is 0 Å². The molecule has 0 saturated carbocycles. The number of aromatic nitrogens is 2. The normalized spacial score (nSPS) is 10.9. The van der Waals surface area contributed by atoms with Crippen molar-refractivity contribution >= 4 is 23.1 Å². The Balaban J connectivity index is 2.05. The lowest BCUT2D eigenvalue weighted by Crippen LogP contribution is -1.84. The summed E-state index contributed by atoms with van der Waals surface area (Å²) < 4.78 is 6.21. The standard InChI is InChI=1S/C10H12N2OS2/c1-6-4-14-10(11-6)15-5-9-7(2)12-13-8(9)3/h4H,5H2,1-3H3. The third-order valence-corrected chi connectivity index (χ3v) is 4.28. The van der Waals surface area contributed by atoms with Crippen LogP contribution in [-0.4, -0.2) is 10.1 Å². The molecule has 0 atom stereocenters. The second-order valence-electron chi connectivity index (χ2n) is 3.35. The molecule has 0 amide bonds. The van der Waals surface area contributed by atoms with Gasteiger partial charge in [-0.05, 0) is 20.8 Å². The predicted molar refractivity (Wildman–Crippen MR) is 62.4 cm³/mol. The maximum Gasteiger partial charge on any atom is 0.150 e. The fraction of sp³-hybridized carbons (Fsp3) is 0.400. The second-order valence-corrected chi connectivity index (χ2v) is 5.43. The summed E-state index contributed by atoms with van der Waals surface area (Å²) in [5, 5.41) is 5.99. The first-order valence-electron chi connectivity index (χ1n) is 4.63. The molecule has 5 heteroatoms. The molecule has 0 radical (unpaired) electrons. The van der Waals surface area contributed by atoms with Gasteiger partial charge in [-0.15, -0.1) is 11.3 Å². The highest BCUT2D eigenvalue weighted by atomic mass is 32.2. The van der Waals surface area contributed by atoms with Crippen molar-refractivity contribution in [3.63, 3.8) is 0 Å². The van der Waals surface area contributed by atoms with Crippen LogP contribution < -0.4 is 0 Å². The Morgan fingerprint density at radius 3 is 2.73 bits per heavy atom. The van der Waals surface area contributed by atoms with Gasteiger partial charge < -0.3 is 4.52 Å². The first kappa shape index (κ1) is 10.7. The molecule has 0 N–H and O–H groups in total. The lowest BCUT2D eigenvalue weighted by Gasteiger charge is -1.96. The van der Waals surface area contributed by atoms with Crippen LogP contribution in [0.2, 0.25) is 0 Å². The minimum Gasteiger partial charge on any atom is -0.361 e. The van der Waals surface area contributed by atoms with Crippen LogP contribution in [0.4, 0.5) is 0 Å². The van der Waals surface area contributed by atoms with E-state index < -0.39 is 0 Å². The van der Waals surface area contributed by atoms with Crippen molar-refractivity contribution in [3.05, 3.63) is 28.1 Å². The Bertz CT molecular complexity index is 442. The minimum absolute atomic E-state index is 0.883. The maximum atomic E-state index is 5.11. The zero-order valence-corrected chi connectivity index (χ0v) is 10.5. The molecule has 2 aromatic rings. The highest BCUT2D eigenvalue weighted by molar-refractivity contribution is 8.00. The Hall–Kier alpha value is -0.810. The van der Waals surface area contributed by atoms with Gasteiger partial charge in [0.25, 0.3) is 0 Å². The van der Waals surface area contributed by atoms with Gasteiger partial charge >= 0.3 is 0 Å². The molecule has 15 heavy (non-hydrogen) atoms. The van der Waals surface area contributed by atoms with Crippen molar-refractivity contribution < 1.29 is 4.52 Å². The molecule has 0 unspecified atom stereocenters. The van der Waals surface area contributed by atoms with Crippen LogP contribution in [0, 0.1) is 20.8 Å². The van der Waals surface area contributed by atoms with Crippen molar-refractivity contribution in [1.29, 1.82) is 0 Å². The lowest BCUT2D eigenvalue weighted by molar-refractivity contribution is 0.392. The maximum absolute atomic E-state index is 5.11. The fourth-order valence-electron chi connectivity index (χ4n) is 1.24. The van der Waals surface area contributed by atoms with Crippen molar-refractivity contribution in [1.82, 2.24) is 10.1 Å². The zero-order chi connectivity index (χ0) is 10.8. The van der Waals surface area contributed by atoms with E-state index in [-0.39, 0.29) is 0 Å². The number of hydrogen-bond acceptors (Lipinski definition) is 5. The number of nitrogens with zero attached hydrogens (tertiary/aromatic N) is 2. The summed E-state index contributed by atoms with van der Waals surface area (Å²) in [5.74, 6) is 1.79. The van der Waals surface area contributed by atoms with E-state index in [0.717, 1.165) is 27.2 Å². The van der Waals surface area contributed by atoms with Gasteiger partial charge in [0.1, 0.15) is 10.1 Å². The molecule has 0 aromatic carbocycles. The van der Waals surface area contributed by atoms with E-state index in [9.17, 15) is 0 Å². The molecule has 0 spiro atoms. The van der Waals surface area contributed by atoms with Crippen molar-refractivity contribution in [3.8, 4) is 0 Å². The van der Waals surface area contributed by atoms with Crippen LogP contribution in [0.3, 0.4) is 0 Å². The van der Waals surface area contributed by atoms with E-state index in [1.54, 1.807) is 23.1 Å². The minimum atomic E-state index is 0.883. The van der Waals surface area contributed by atoms with Crippen LogP contribution in [0.15, 0.2) is 14.2 Å². The van der Waals surface area contributed by atoms with Crippen LogP contribution >= 0.6 is 23.1 Å². The molecule has 2 aromatic heterocycles. The van der Waals surface area contributed by atoms with Gasteiger partial charge in [-0.3, -0.25) is 0 Å². The molecule has 0 saturated heterocycles. The smallest absolute Gasteiger partial charge is 0.150 e. The zero-order valence-electron chi connectivity index (χ0n) is 8.90. The third-order valence-electron chi connectivity index (χ3n) is 2.12. The van der Waals surface area contributed by atoms with Gasteiger partial charge in [-0.25, -0.2) is 4.98 Å². The number of aryl methyl sites for hydroxylation is 3. The molecule has 0 aliphatic carbocycles. The van der Waals surface area contributed by atoms with Crippen LogP contribution in [0.25, 0.3) is 0 Å². The first-order chi connectivity index (χ1) is 7.16. The SMILES string of the molecule is Cc1csc(SCc2c(C)noc2C)n1. The topological polar surface area (TPSA) is 38.9 Å². The molecule has 0 bridgehead atoms. The van der Waals surface area contributed by atoms with E-state index in [1.165, 1.54) is 5.56 Å². The average Bonchev–Trinajstić information content (AvgIpc) is 2.73. The Morgan fingerprint density at radius 1 is 1.40 bits per heavy atom. The van der Waals surface area contributed by atoms with Crippen LogP contribution in [-0.2, 0) is 5.75 Å². The quantitative estimate of drug-likeness (QED) is 0.771. The molecule has 2 heterocycles. The summed E-state index contributed by atoms with van der Waals surface area (Å²) in [6, 6.07) is 0. The van der Waals surface area contributed by atoms with Gasteiger partial charge in [0.2, 0.25) is 0 Å².